The molecule has 1 aromatic carbocycles. The number of pyridine rings is 1. The van der Waals surface area contributed by atoms with Gasteiger partial charge in [0.1, 0.15) is 5.69 Å². The third kappa shape index (κ3) is 3.59. The molecule has 4 heteroatoms. The van der Waals surface area contributed by atoms with Gasteiger partial charge in [0.05, 0.1) is 18.9 Å². The molecule has 22 heavy (non-hydrogen) atoms. The maximum Gasteiger partial charge on any atom is 0.167 e. The van der Waals surface area contributed by atoms with Gasteiger partial charge in [0.25, 0.3) is 0 Å². The fourth-order valence-electron chi connectivity index (χ4n) is 2.16. The quantitative estimate of drug-likeness (QED) is 0.689. The molecule has 2 heterocycles. The van der Waals surface area contributed by atoms with Crippen molar-refractivity contribution in [1.29, 1.82) is 0 Å². The first-order valence-corrected chi connectivity index (χ1v) is 7.37. The number of aryl methyl sites for hydroxylation is 1. The molecule has 0 saturated carbocycles. The van der Waals surface area contributed by atoms with Gasteiger partial charge in [0.15, 0.2) is 5.76 Å². The van der Waals surface area contributed by atoms with E-state index in [0.717, 1.165) is 29.1 Å². The van der Waals surface area contributed by atoms with Gasteiger partial charge in [-0.1, -0.05) is 42.4 Å². The normalized spacial score (nSPS) is 10.8. The van der Waals surface area contributed by atoms with E-state index in [9.17, 15) is 0 Å². The molecule has 0 aliphatic heterocycles. The number of rotatable bonds is 6. The van der Waals surface area contributed by atoms with Crippen LogP contribution in [0.2, 0.25) is 0 Å². The second-order valence-corrected chi connectivity index (χ2v) is 5.05. The lowest BCUT2D eigenvalue weighted by Crippen LogP contribution is -1.95. The second-order valence-electron chi connectivity index (χ2n) is 5.05. The Kier molecular flexibility index (Phi) is 4.61. The SMILES string of the molecule is CCc1ccc(-c2cc(COCc3ccccn3)no2)cc1. The third-order valence-corrected chi connectivity index (χ3v) is 3.43. The topological polar surface area (TPSA) is 48.2 Å². The minimum atomic E-state index is 0.410. The molecule has 0 spiro atoms. The van der Waals surface area contributed by atoms with E-state index >= 15 is 0 Å². The van der Waals surface area contributed by atoms with Crippen LogP contribution in [0, 0.1) is 0 Å². The molecule has 0 fully saturated rings. The molecular formula is C18H18N2O2. The van der Waals surface area contributed by atoms with Crippen molar-refractivity contribution in [2.45, 2.75) is 26.6 Å². The Morgan fingerprint density at radius 1 is 1.00 bits per heavy atom. The van der Waals surface area contributed by atoms with Gasteiger partial charge in [0.2, 0.25) is 0 Å². The smallest absolute Gasteiger partial charge is 0.167 e. The van der Waals surface area contributed by atoms with E-state index in [4.69, 9.17) is 9.26 Å². The molecule has 4 nitrogen and oxygen atoms in total. The van der Waals surface area contributed by atoms with Crippen LogP contribution in [0.5, 0.6) is 0 Å². The van der Waals surface area contributed by atoms with Crippen molar-refractivity contribution in [2.24, 2.45) is 0 Å². The van der Waals surface area contributed by atoms with Gasteiger partial charge < -0.3 is 9.26 Å². The number of ether oxygens (including phenoxy) is 1. The van der Waals surface area contributed by atoms with E-state index in [2.05, 4.69) is 41.3 Å². The predicted octanol–water partition coefficient (Wildman–Crippen LogP) is 4.02. The van der Waals surface area contributed by atoms with E-state index in [1.165, 1.54) is 5.56 Å². The molecule has 0 aliphatic rings. The zero-order chi connectivity index (χ0) is 15.2. The highest BCUT2D eigenvalue weighted by Gasteiger charge is 2.07. The summed E-state index contributed by atoms with van der Waals surface area (Å²) in [5.41, 5.74) is 4.02. The molecule has 0 radical (unpaired) electrons. The lowest BCUT2D eigenvalue weighted by molar-refractivity contribution is 0.0997. The van der Waals surface area contributed by atoms with Crippen molar-refractivity contribution >= 4 is 0 Å². The van der Waals surface area contributed by atoms with Gasteiger partial charge in [-0.25, -0.2) is 0 Å². The second kappa shape index (κ2) is 7.00. The van der Waals surface area contributed by atoms with E-state index in [1.54, 1.807) is 6.20 Å². The van der Waals surface area contributed by atoms with Gasteiger partial charge in [-0.3, -0.25) is 4.98 Å². The van der Waals surface area contributed by atoms with Gasteiger partial charge >= 0.3 is 0 Å². The summed E-state index contributed by atoms with van der Waals surface area (Å²) < 4.78 is 11.0. The summed E-state index contributed by atoms with van der Waals surface area (Å²) in [6, 6.07) is 16.0. The van der Waals surface area contributed by atoms with Crippen LogP contribution >= 0.6 is 0 Å². The number of benzene rings is 1. The predicted molar refractivity (Wildman–Crippen MR) is 84.0 cm³/mol. The van der Waals surface area contributed by atoms with Crippen molar-refractivity contribution in [3.63, 3.8) is 0 Å². The third-order valence-electron chi connectivity index (χ3n) is 3.43. The highest BCUT2D eigenvalue weighted by Crippen LogP contribution is 2.21. The van der Waals surface area contributed by atoms with Gasteiger partial charge in [0, 0.05) is 17.8 Å². The average Bonchev–Trinajstić information content (AvgIpc) is 3.05. The van der Waals surface area contributed by atoms with Gasteiger partial charge in [-0.15, -0.1) is 0 Å². The Morgan fingerprint density at radius 2 is 1.82 bits per heavy atom. The van der Waals surface area contributed by atoms with Crippen LogP contribution < -0.4 is 0 Å². The molecule has 0 unspecified atom stereocenters. The molecular weight excluding hydrogens is 276 g/mol. The van der Waals surface area contributed by atoms with Crippen LogP contribution in [-0.4, -0.2) is 10.1 Å². The largest absolute Gasteiger partial charge is 0.369 e. The summed E-state index contributed by atoms with van der Waals surface area (Å²) in [7, 11) is 0. The summed E-state index contributed by atoms with van der Waals surface area (Å²) in [4.78, 5) is 4.21. The molecule has 0 atom stereocenters. The summed E-state index contributed by atoms with van der Waals surface area (Å²) in [5, 5.41) is 4.05. The number of hydrogen-bond acceptors (Lipinski definition) is 4. The van der Waals surface area contributed by atoms with Crippen LogP contribution in [0.3, 0.4) is 0 Å². The first-order valence-electron chi connectivity index (χ1n) is 7.37. The minimum Gasteiger partial charge on any atom is -0.369 e. The van der Waals surface area contributed by atoms with Crippen LogP contribution in [0.25, 0.3) is 11.3 Å². The number of nitrogens with zero attached hydrogens (tertiary/aromatic N) is 2. The van der Waals surface area contributed by atoms with Crippen molar-refractivity contribution in [1.82, 2.24) is 10.1 Å². The van der Waals surface area contributed by atoms with Crippen molar-refractivity contribution in [2.75, 3.05) is 0 Å². The molecule has 3 aromatic rings. The first kappa shape index (κ1) is 14.5. The van der Waals surface area contributed by atoms with Crippen LogP contribution in [0.4, 0.5) is 0 Å². The lowest BCUT2D eigenvalue weighted by atomic mass is 10.1. The molecule has 3 rings (SSSR count). The lowest BCUT2D eigenvalue weighted by Gasteiger charge is -2.00. The van der Waals surface area contributed by atoms with E-state index in [1.807, 2.05) is 24.3 Å². The molecule has 0 N–H and O–H groups in total. The fraction of sp³-hybridized carbons (Fsp3) is 0.222. The minimum absolute atomic E-state index is 0.410. The molecule has 0 bridgehead atoms. The van der Waals surface area contributed by atoms with Gasteiger partial charge in [-0.2, -0.15) is 0 Å². The average molecular weight is 294 g/mol. The molecule has 112 valence electrons. The highest BCUT2D eigenvalue weighted by molar-refractivity contribution is 5.57. The molecule has 0 amide bonds. The Labute approximate surface area is 129 Å². The van der Waals surface area contributed by atoms with E-state index in [0.29, 0.717) is 13.2 Å². The zero-order valence-electron chi connectivity index (χ0n) is 12.5. The van der Waals surface area contributed by atoms with Crippen molar-refractivity contribution in [3.8, 4) is 11.3 Å². The Balaban J connectivity index is 1.58. The van der Waals surface area contributed by atoms with Crippen molar-refractivity contribution in [3.05, 3.63) is 71.7 Å². The van der Waals surface area contributed by atoms with Crippen LogP contribution in [-0.2, 0) is 24.4 Å². The van der Waals surface area contributed by atoms with Gasteiger partial charge in [-0.05, 0) is 24.1 Å². The Morgan fingerprint density at radius 3 is 2.55 bits per heavy atom. The summed E-state index contributed by atoms with van der Waals surface area (Å²) in [6.07, 6.45) is 2.79. The van der Waals surface area contributed by atoms with Crippen LogP contribution in [0.15, 0.2) is 59.3 Å². The molecule has 0 saturated heterocycles. The summed E-state index contributed by atoms with van der Waals surface area (Å²) >= 11 is 0. The van der Waals surface area contributed by atoms with E-state index in [-0.39, 0.29) is 0 Å². The first-order chi connectivity index (χ1) is 10.8. The Bertz CT molecular complexity index is 705. The number of hydrogen-bond donors (Lipinski definition) is 0. The van der Waals surface area contributed by atoms with Crippen LogP contribution in [0.1, 0.15) is 23.9 Å². The monoisotopic (exact) mass is 294 g/mol. The number of aromatic nitrogens is 2. The fourth-order valence-corrected chi connectivity index (χ4v) is 2.16. The van der Waals surface area contributed by atoms with Crippen molar-refractivity contribution < 1.29 is 9.26 Å². The molecule has 0 aliphatic carbocycles. The summed E-state index contributed by atoms with van der Waals surface area (Å²) in [6.45, 7) is 3.02. The van der Waals surface area contributed by atoms with E-state index < -0.39 is 0 Å². The summed E-state index contributed by atoms with van der Waals surface area (Å²) in [5.74, 6) is 0.763. The highest BCUT2D eigenvalue weighted by atomic mass is 16.5. The maximum atomic E-state index is 5.61. The standard InChI is InChI=1S/C18H18N2O2/c1-2-14-6-8-15(9-7-14)18-11-17(20-22-18)13-21-12-16-5-3-4-10-19-16/h3-11H,2,12-13H2,1H3. The Hall–Kier alpha value is -2.46. The molecule has 2 aromatic heterocycles. The maximum absolute atomic E-state index is 5.61. The zero-order valence-corrected chi connectivity index (χ0v) is 12.5.